The lowest BCUT2D eigenvalue weighted by Gasteiger charge is -2.10. The zero-order chi connectivity index (χ0) is 10.9. The Morgan fingerprint density at radius 1 is 1.27 bits per heavy atom. The molecule has 2 N–H and O–H groups in total. The van der Waals surface area contributed by atoms with Crippen LogP contribution in [0, 0.1) is 5.82 Å². The normalized spacial score (nSPS) is 13.2. The standard InChI is InChI=1S/C9H9F4N.ClH/c1-5(14)6-2-3-7(8(10)4-6)9(11,12)13;/h2-5H,14H2,1H3;1H/t5-;/m1./s1. The van der Waals surface area contributed by atoms with Crippen LogP contribution in [0.15, 0.2) is 18.2 Å². The molecule has 1 nitrogen and oxygen atoms in total. The molecule has 0 bridgehead atoms. The van der Waals surface area contributed by atoms with Crippen molar-refractivity contribution in [1.82, 2.24) is 0 Å². The Bertz CT molecular complexity index is 335. The molecule has 0 spiro atoms. The highest BCUT2D eigenvalue weighted by atomic mass is 35.5. The number of alkyl halides is 3. The van der Waals surface area contributed by atoms with Gasteiger partial charge in [-0.3, -0.25) is 0 Å². The van der Waals surface area contributed by atoms with Gasteiger partial charge in [0.05, 0.1) is 5.56 Å². The van der Waals surface area contributed by atoms with E-state index in [-0.39, 0.29) is 12.4 Å². The molecule has 0 saturated heterocycles. The molecule has 86 valence electrons. The largest absolute Gasteiger partial charge is 0.419 e. The van der Waals surface area contributed by atoms with Gasteiger partial charge in [0.25, 0.3) is 0 Å². The minimum Gasteiger partial charge on any atom is -0.324 e. The molecule has 1 aromatic rings. The smallest absolute Gasteiger partial charge is 0.324 e. The van der Waals surface area contributed by atoms with E-state index in [0.717, 1.165) is 6.07 Å². The van der Waals surface area contributed by atoms with E-state index in [0.29, 0.717) is 11.6 Å². The van der Waals surface area contributed by atoms with Crippen LogP contribution in [0.1, 0.15) is 24.1 Å². The Kier molecular flexibility index (Phi) is 4.55. The predicted molar refractivity (Wildman–Crippen MR) is 51.3 cm³/mol. The van der Waals surface area contributed by atoms with Crippen LogP contribution < -0.4 is 5.73 Å². The van der Waals surface area contributed by atoms with Crippen LogP contribution in [0.3, 0.4) is 0 Å². The Hall–Kier alpha value is -0.810. The lowest BCUT2D eigenvalue weighted by Crippen LogP contribution is -2.11. The number of hydrogen-bond donors (Lipinski definition) is 1. The van der Waals surface area contributed by atoms with Crippen molar-refractivity contribution in [2.45, 2.75) is 19.1 Å². The van der Waals surface area contributed by atoms with E-state index in [1.165, 1.54) is 6.07 Å². The molecule has 1 atom stereocenters. The summed E-state index contributed by atoms with van der Waals surface area (Å²) in [5, 5.41) is 0. The van der Waals surface area contributed by atoms with Crippen molar-refractivity contribution in [3.63, 3.8) is 0 Å². The molecule has 0 amide bonds. The van der Waals surface area contributed by atoms with E-state index < -0.39 is 23.6 Å². The molecule has 1 rings (SSSR count). The summed E-state index contributed by atoms with van der Waals surface area (Å²) >= 11 is 0. The summed E-state index contributed by atoms with van der Waals surface area (Å²) in [5.74, 6) is -1.28. The molecule has 15 heavy (non-hydrogen) atoms. The third-order valence-corrected chi connectivity index (χ3v) is 1.82. The van der Waals surface area contributed by atoms with Crippen molar-refractivity contribution < 1.29 is 17.6 Å². The first-order chi connectivity index (χ1) is 6.32. The lowest BCUT2D eigenvalue weighted by atomic mass is 10.1. The topological polar surface area (TPSA) is 26.0 Å². The van der Waals surface area contributed by atoms with E-state index in [1.54, 1.807) is 6.92 Å². The quantitative estimate of drug-likeness (QED) is 0.753. The van der Waals surface area contributed by atoms with Crippen molar-refractivity contribution in [3.05, 3.63) is 35.1 Å². The summed E-state index contributed by atoms with van der Waals surface area (Å²) in [7, 11) is 0. The van der Waals surface area contributed by atoms with Gasteiger partial charge < -0.3 is 5.73 Å². The zero-order valence-electron chi connectivity index (χ0n) is 7.81. The minimum atomic E-state index is -4.65. The van der Waals surface area contributed by atoms with Gasteiger partial charge in [-0.05, 0) is 24.6 Å². The Labute approximate surface area is 90.7 Å². The molecular formula is C9H10ClF4N. The first kappa shape index (κ1) is 14.2. The predicted octanol–water partition coefficient (Wildman–Crippen LogP) is 3.29. The minimum absolute atomic E-state index is 0. The highest BCUT2D eigenvalue weighted by molar-refractivity contribution is 5.85. The second kappa shape index (κ2) is 4.81. The SMILES string of the molecule is C[C@@H](N)c1ccc(C(F)(F)F)c(F)c1.Cl. The Balaban J connectivity index is 0.00000196. The molecule has 0 aliphatic carbocycles. The summed E-state index contributed by atoms with van der Waals surface area (Å²) in [4.78, 5) is 0. The summed E-state index contributed by atoms with van der Waals surface area (Å²) in [5.41, 5.74) is 4.47. The fraction of sp³-hybridized carbons (Fsp3) is 0.333. The number of hydrogen-bond acceptors (Lipinski definition) is 1. The summed E-state index contributed by atoms with van der Waals surface area (Å²) in [6, 6.07) is 2.21. The maximum absolute atomic E-state index is 12.9. The van der Waals surface area contributed by atoms with Crippen LogP contribution in [0.25, 0.3) is 0 Å². The summed E-state index contributed by atoms with van der Waals surface area (Å²) in [6.07, 6.45) is -4.65. The van der Waals surface area contributed by atoms with Crippen LogP contribution in [0.2, 0.25) is 0 Å². The van der Waals surface area contributed by atoms with Crippen molar-refractivity contribution in [1.29, 1.82) is 0 Å². The third-order valence-electron chi connectivity index (χ3n) is 1.82. The Morgan fingerprint density at radius 2 is 1.80 bits per heavy atom. The summed E-state index contributed by atoms with van der Waals surface area (Å²) < 4.78 is 49.3. The number of rotatable bonds is 1. The summed E-state index contributed by atoms with van der Waals surface area (Å²) in [6.45, 7) is 1.57. The van der Waals surface area contributed by atoms with E-state index in [1.807, 2.05) is 0 Å². The highest BCUT2D eigenvalue weighted by Gasteiger charge is 2.33. The fourth-order valence-corrected chi connectivity index (χ4v) is 1.04. The van der Waals surface area contributed by atoms with Crippen molar-refractivity contribution in [2.24, 2.45) is 5.73 Å². The van der Waals surface area contributed by atoms with Gasteiger partial charge in [-0.2, -0.15) is 13.2 Å². The van der Waals surface area contributed by atoms with E-state index in [2.05, 4.69) is 0 Å². The van der Waals surface area contributed by atoms with E-state index >= 15 is 0 Å². The van der Waals surface area contributed by atoms with Gasteiger partial charge in [0.1, 0.15) is 5.82 Å². The lowest BCUT2D eigenvalue weighted by molar-refractivity contribution is -0.140. The molecule has 6 heteroatoms. The van der Waals surface area contributed by atoms with Crippen molar-refractivity contribution in [3.8, 4) is 0 Å². The molecule has 0 aliphatic rings. The monoisotopic (exact) mass is 243 g/mol. The molecule has 0 aliphatic heterocycles. The highest BCUT2D eigenvalue weighted by Crippen LogP contribution is 2.32. The first-order valence-corrected chi connectivity index (χ1v) is 3.94. The fourth-order valence-electron chi connectivity index (χ4n) is 1.04. The number of benzene rings is 1. The van der Waals surface area contributed by atoms with E-state index in [4.69, 9.17) is 5.73 Å². The van der Waals surface area contributed by atoms with Gasteiger partial charge >= 0.3 is 6.18 Å². The van der Waals surface area contributed by atoms with Crippen molar-refractivity contribution in [2.75, 3.05) is 0 Å². The number of nitrogens with two attached hydrogens (primary N) is 1. The second-order valence-electron chi connectivity index (χ2n) is 3.03. The van der Waals surface area contributed by atoms with Crippen LogP contribution in [0.5, 0.6) is 0 Å². The van der Waals surface area contributed by atoms with Crippen LogP contribution in [0.4, 0.5) is 17.6 Å². The van der Waals surface area contributed by atoms with Gasteiger partial charge in [-0.1, -0.05) is 6.07 Å². The average molecular weight is 244 g/mol. The van der Waals surface area contributed by atoms with Gasteiger partial charge in [0, 0.05) is 6.04 Å². The van der Waals surface area contributed by atoms with Crippen molar-refractivity contribution >= 4 is 12.4 Å². The van der Waals surface area contributed by atoms with Gasteiger partial charge in [-0.25, -0.2) is 4.39 Å². The molecule has 0 heterocycles. The first-order valence-electron chi connectivity index (χ1n) is 3.94. The molecular weight excluding hydrogens is 234 g/mol. The zero-order valence-corrected chi connectivity index (χ0v) is 8.62. The molecule has 0 fully saturated rings. The van der Waals surface area contributed by atoms with Gasteiger partial charge in [-0.15, -0.1) is 12.4 Å². The Morgan fingerprint density at radius 3 is 2.13 bits per heavy atom. The van der Waals surface area contributed by atoms with Gasteiger partial charge in [0.2, 0.25) is 0 Å². The van der Waals surface area contributed by atoms with Gasteiger partial charge in [0.15, 0.2) is 0 Å². The van der Waals surface area contributed by atoms with Crippen LogP contribution in [-0.2, 0) is 6.18 Å². The molecule has 0 saturated carbocycles. The third kappa shape index (κ3) is 3.35. The molecule has 0 unspecified atom stereocenters. The molecule has 0 radical (unpaired) electrons. The second-order valence-corrected chi connectivity index (χ2v) is 3.03. The van der Waals surface area contributed by atoms with E-state index in [9.17, 15) is 17.6 Å². The maximum Gasteiger partial charge on any atom is 0.419 e. The number of halogens is 5. The maximum atomic E-state index is 12.9. The van der Waals surface area contributed by atoms with Crippen LogP contribution in [-0.4, -0.2) is 0 Å². The molecule has 0 aromatic heterocycles. The molecule has 1 aromatic carbocycles. The average Bonchev–Trinajstić information content (AvgIpc) is 2.01. The van der Waals surface area contributed by atoms with Crippen LogP contribution >= 0.6 is 12.4 Å².